The van der Waals surface area contributed by atoms with Gasteiger partial charge in [-0.2, -0.15) is 20.1 Å². The summed E-state index contributed by atoms with van der Waals surface area (Å²) in [6.07, 6.45) is 1.50. The number of anilines is 4. The molecule has 0 amide bonds. The van der Waals surface area contributed by atoms with Crippen molar-refractivity contribution in [2.24, 2.45) is 5.10 Å². The fourth-order valence-electron chi connectivity index (χ4n) is 2.82. The van der Waals surface area contributed by atoms with Crippen molar-refractivity contribution in [1.29, 1.82) is 0 Å². The molecule has 2 N–H and O–H groups in total. The van der Waals surface area contributed by atoms with Crippen molar-refractivity contribution in [3.05, 3.63) is 64.4 Å². The van der Waals surface area contributed by atoms with E-state index in [-0.39, 0.29) is 11.8 Å². The zero-order chi connectivity index (χ0) is 20.8. The summed E-state index contributed by atoms with van der Waals surface area (Å²) < 4.78 is 19.7. The van der Waals surface area contributed by atoms with Crippen molar-refractivity contribution >= 4 is 45.7 Å². The smallest absolute Gasteiger partial charge is 0.250 e. The average Bonchev–Trinajstić information content (AvgIpc) is 2.74. The van der Waals surface area contributed by atoms with Crippen LogP contribution < -0.4 is 15.6 Å². The van der Waals surface area contributed by atoms with E-state index in [1.54, 1.807) is 12.1 Å². The molecule has 0 saturated carbocycles. The molecule has 0 aliphatic carbocycles. The molecule has 30 heavy (non-hydrogen) atoms. The first kappa shape index (κ1) is 20.2. The molecular weight excluding hydrogens is 453 g/mol. The van der Waals surface area contributed by atoms with Crippen LogP contribution in [0.1, 0.15) is 5.56 Å². The Balaban J connectivity index is 1.57. The van der Waals surface area contributed by atoms with E-state index in [1.807, 2.05) is 29.2 Å². The number of aromatic nitrogens is 3. The minimum absolute atomic E-state index is 0.275. The lowest BCUT2D eigenvalue weighted by Crippen LogP contribution is -2.37. The fourth-order valence-corrected chi connectivity index (χ4v) is 3.22. The zero-order valence-electron chi connectivity index (χ0n) is 15.9. The molecule has 0 bridgehead atoms. The fraction of sp³-hybridized carbons (Fsp3) is 0.200. The highest BCUT2D eigenvalue weighted by molar-refractivity contribution is 9.10. The van der Waals surface area contributed by atoms with E-state index < -0.39 is 0 Å². The van der Waals surface area contributed by atoms with Crippen LogP contribution in [0, 0.1) is 5.82 Å². The first-order valence-corrected chi connectivity index (χ1v) is 10.1. The van der Waals surface area contributed by atoms with Gasteiger partial charge in [-0.1, -0.05) is 34.1 Å². The van der Waals surface area contributed by atoms with E-state index in [2.05, 4.69) is 46.7 Å². The van der Waals surface area contributed by atoms with Gasteiger partial charge in [0.05, 0.1) is 19.4 Å². The van der Waals surface area contributed by atoms with E-state index in [0.717, 1.165) is 10.2 Å². The highest BCUT2D eigenvalue weighted by Crippen LogP contribution is 2.21. The molecule has 0 atom stereocenters. The van der Waals surface area contributed by atoms with E-state index in [1.165, 1.54) is 18.3 Å². The lowest BCUT2D eigenvalue weighted by atomic mass is 10.2. The number of hydrogen-bond acceptors (Lipinski definition) is 8. The van der Waals surface area contributed by atoms with Gasteiger partial charge in [0.1, 0.15) is 5.82 Å². The van der Waals surface area contributed by atoms with Crippen LogP contribution in [-0.4, -0.2) is 47.5 Å². The lowest BCUT2D eigenvalue weighted by molar-refractivity contribution is 0.122. The summed E-state index contributed by atoms with van der Waals surface area (Å²) in [6.45, 7) is 2.60. The molecule has 0 unspecified atom stereocenters. The second-order valence-electron chi connectivity index (χ2n) is 6.44. The summed E-state index contributed by atoms with van der Waals surface area (Å²) in [4.78, 5) is 15.4. The van der Waals surface area contributed by atoms with Crippen molar-refractivity contribution < 1.29 is 9.13 Å². The second kappa shape index (κ2) is 9.59. The molecule has 1 aromatic heterocycles. The molecule has 1 fully saturated rings. The summed E-state index contributed by atoms with van der Waals surface area (Å²) >= 11 is 3.45. The topological polar surface area (TPSA) is 87.6 Å². The van der Waals surface area contributed by atoms with Crippen molar-refractivity contribution in [2.45, 2.75) is 0 Å². The van der Waals surface area contributed by atoms with E-state index >= 15 is 0 Å². The van der Waals surface area contributed by atoms with Crippen LogP contribution >= 0.6 is 15.9 Å². The molecule has 10 heteroatoms. The molecule has 1 aliphatic rings. The SMILES string of the molecule is Fc1cccc(/C=N/Nc2nc(Nc3cccc(Br)c3)nc(N3CCOCC3)n2)c1. The van der Waals surface area contributed by atoms with Crippen molar-refractivity contribution in [1.82, 2.24) is 15.0 Å². The largest absolute Gasteiger partial charge is 0.378 e. The summed E-state index contributed by atoms with van der Waals surface area (Å²) in [5.41, 5.74) is 4.26. The van der Waals surface area contributed by atoms with E-state index in [9.17, 15) is 4.39 Å². The van der Waals surface area contributed by atoms with Gasteiger partial charge in [-0.15, -0.1) is 0 Å². The molecular formula is C20H19BrFN7O. The Morgan fingerprint density at radius 1 is 1.03 bits per heavy atom. The normalized spacial score (nSPS) is 14.1. The Bertz CT molecular complexity index is 1040. The van der Waals surface area contributed by atoms with Gasteiger partial charge in [-0.25, -0.2) is 9.82 Å². The molecule has 2 aromatic carbocycles. The highest BCUT2D eigenvalue weighted by atomic mass is 79.9. The molecule has 0 spiro atoms. The number of rotatable bonds is 6. The maximum absolute atomic E-state index is 13.3. The van der Waals surface area contributed by atoms with Gasteiger partial charge < -0.3 is 15.0 Å². The first-order chi connectivity index (χ1) is 14.7. The Morgan fingerprint density at radius 2 is 1.83 bits per heavy atom. The average molecular weight is 472 g/mol. The summed E-state index contributed by atoms with van der Waals surface area (Å²) in [6, 6.07) is 13.8. The molecule has 8 nitrogen and oxygen atoms in total. The minimum Gasteiger partial charge on any atom is -0.378 e. The maximum Gasteiger partial charge on any atom is 0.250 e. The zero-order valence-corrected chi connectivity index (χ0v) is 17.5. The molecule has 3 aromatic rings. The number of hydrogen-bond donors (Lipinski definition) is 2. The number of ether oxygens (including phenoxy) is 1. The van der Waals surface area contributed by atoms with E-state index in [4.69, 9.17) is 4.74 Å². The van der Waals surface area contributed by atoms with Crippen LogP contribution in [0.3, 0.4) is 0 Å². The quantitative estimate of drug-likeness (QED) is 0.417. The maximum atomic E-state index is 13.3. The lowest BCUT2D eigenvalue weighted by Gasteiger charge is -2.27. The van der Waals surface area contributed by atoms with E-state index in [0.29, 0.717) is 43.8 Å². The number of halogens is 2. The van der Waals surface area contributed by atoms with Crippen LogP contribution in [0.15, 0.2) is 58.1 Å². The summed E-state index contributed by atoms with van der Waals surface area (Å²) in [5, 5.41) is 7.32. The van der Waals surface area contributed by atoms with Gasteiger partial charge in [0, 0.05) is 23.2 Å². The standard InChI is InChI=1S/C20H19BrFN7O/c21-15-4-2-6-17(12-15)24-18-25-19(27-20(26-18)29-7-9-30-10-8-29)28-23-13-14-3-1-5-16(22)11-14/h1-6,11-13H,7-10H2,(H2,24,25,26,27,28)/b23-13+. The third-order valence-electron chi connectivity index (χ3n) is 4.23. The van der Waals surface area contributed by atoms with Crippen molar-refractivity contribution in [3.63, 3.8) is 0 Å². The molecule has 4 rings (SSSR count). The number of nitrogens with zero attached hydrogens (tertiary/aromatic N) is 5. The van der Waals surface area contributed by atoms with Crippen LogP contribution in [0.4, 0.5) is 27.9 Å². The third kappa shape index (κ3) is 5.49. The Labute approximate surface area is 181 Å². The number of benzene rings is 2. The van der Waals surface area contributed by atoms with Gasteiger partial charge in [0.2, 0.25) is 17.8 Å². The van der Waals surface area contributed by atoms with Crippen LogP contribution in [0.2, 0.25) is 0 Å². The monoisotopic (exact) mass is 471 g/mol. The molecule has 1 saturated heterocycles. The molecule has 0 radical (unpaired) electrons. The Morgan fingerprint density at radius 3 is 2.63 bits per heavy atom. The van der Waals surface area contributed by atoms with Crippen molar-refractivity contribution in [3.8, 4) is 0 Å². The molecule has 1 aliphatic heterocycles. The summed E-state index contributed by atoms with van der Waals surface area (Å²) in [5.74, 6) is 0.855. The van der Waals surface area contributed by atoms with Crippen LogP contribution in [-0.2, 0) is 4.74 Å². The third-order valence-corrected chi connectivity index (χ3v) is 4.72. The number of morpholine rings is 1. The predicted molar refractivity (Wildman–Crippen MR) is 118 cm³/mol. The predicted octanol–water partition coefficient (Wildman–Crippen LogP) is 3.80. The highest BCUT2D eigenvalue weighted by Gasteiger charge is 2.16. The van der Waals surface area contributed by atoms with Gasteiger partial charge in [0.25, 0.3) is 0 Å². The number of nitrogens with one attached hydrogen (secondary N) is 2. The second-order valence-corrected chi connectivity index (χ2v) is 7.36. The minimum atomic E-state index is -0.325. The molecule has 2 heterocycles. The summed E-state index contributed by atoms with van der Waals surface area (Å²) in [7, 11) is 0. The molecule has 154 valence electrons. The Kier molecular flexibility index (Phi) is 6.45. The number of hydrazone groups is 1. The first-order valence-electron chi connectivity index (χ1n) is 9.32. The van der Waals surface area contributed by atoms with Gasteiger partial charge in [-0.05, 0) is 35.9 Å². The van der Waals surface area contributed by atoms with Crippen LogP contribution in [0.25, 0.3) is 0 Å². The van der Waals surface area contributed by atoms with Gasteiger partial charge in [0.15, 0.2) is 0 Å². The van der Waals surface area contributed by atoms with Crippen molar-refractivity contribution in [2.75, 3.05) is 41.9 Å². The van der Waals surface area contributed by atoms with Crippen LogP contribution in [0.5, 0.6) is 0 Å². The Hall–Kier alpha value is -3.11. The van der Waals surface area contributed by atoms with Gasteiger partial charge >= 0.3 is 0 Å². The van der Waals surface area contributed by atoms with Gasteiger partial charge in [-0.3, -0.25) is 0 Å².